The monoisotopic (exact) mass is 280 g/mol. The number of rotatable bonds is 5. The zero-order valence-corrected chi connectivity index (χ0v) is 11.1. The van der Waals surface area contributed by atoms with E-state index < -0.39 is 11.9 Å². The molecule has 0 saturated heterocycles. The van der Waals surface area contributed by atoms with Gasteiger partial charge < -0.3 is 9.84 Å². The van der Waals surface area contributed by atoms with Gasteiger partial charge in [-0.3, -0.25) is 14.4 Å². The second-order valence-electron chi connectivity index (χ2n) is 3.54. The molecule has 1 rings (SSSR count). The van der Waals surface area contributed by atoms with Crippen molar-refractivity contribution in [3.63, 3.8) is 0 Å². The number of carboxylic acid groups (broad SMARTS) is 1. The molecule has 0 unspecified atom stereocenters. The van der Waals surface area contributed by atoms with Crippen molar-refractivity contribution in [3.8, 4) is 11.8 Å². The van der Waals surface area contributed by atoms with Crippen LogP contribution in [0.3, 0.4) is 0 Å². The van der Waals surface area contributed by atoms with Crippen molar-refractivity contribution in [2.75, 3.05) is 7.11 Å². The molecule has 19 heavy (non-hydrogen) atoms. The average Bonchev–Trinajstić information content (AvgIpc) is 2.84. The Kier molecular flexibility index (Phi) is 5.76. The molecule has 1 N–H and O–H groups in total. The van der Waals surface area contributed by atoms with E-state index in [1.54, 1.807) is 12.1 Å². The van der Waals surface area contributed by atoms with E-state index in [0.717, 1.165) is 0 Å². The minimum Gasteiger partial charge on any atom is -0.481 e. The summed E-state index contributed by atoms with van der Waals surface area (Å²) in [5.41, 5.74) is 0. The van der Waals surface area contributed by atoms with Crippen LogP contribution in [0.5, 0.6) is 0 Å². The van der Waals surface area contributed by atoms with Gasteiger partial charge in [-0.2, -0.15) is 0 Å². The fraction of sp³-hybridized carbons (Fsp3) is 0.308. The summed E-state index contributed by atoms with van der Waals surface area (Å²) in [5, 5.41) is 8.49. The smallest absolute Gasteiger partial charge is 0.317 e. The predicted molar refractivity (Wildman–Crippen MR) is 69.0 cm³/mol. The van der Waals surface area contributed by atoms with Gasteiger partial charge in [-0.25, -0.2) is 0 Å². The lowest BCUT2D eigenvalue weighted by atomic mass is 10.2. The third-order valence-electron chi connectivity index (χ3n) is 2.12. The van der Waals surface area contributed by atoms with Gasteiger partial charge in [-0.05, 0) is 12.1 Å². The fourth-order valence-electron chi connectivity index (χ4n) is 1.17. The maximum atomic E-state index is 11.6. The molecule has 100 valence electrons. The standard InChI is InChI=1S/C13H12O5S/c1-18-13(17)4-2-3-9-5-7-11(19-9)10(14)6-8-12(15)16/h5,7H,4,6,8H2,1H3,(H,15,16). The van der Waals surface area contributed by atoms with Crippen LogP contribution >= 0.6 is 11.3 Å². The summed E-state index contributed by atoms with van der Waals surface area (Å²) in [4.78, 5) is 33.9. The van der Waals surface area contributed by atoms with Gasteiger partial charge in [0.1, 0.15) is 6.42 Å². The first-order valence-corrected chi connectivity index (χ1v) is 6.25. The number of thiophene rings is 1. The van der Waals surface area contributed by atoms with Crippen molar-refractivity contribution in [1.82, 2.24) is 0 Å². The van der Waals surface area contributed by atoms with Crippen LogP contribution < -0.4 is 0 Å². The molecule has 0 radical (unpaired) electrons. The van der Waals surface area contributed by atoms with Gasteiger partial charge >= 0.3 is 11.9 Å². The van der Waals surface area contributed by atoms with Gasteiger partial charge in [0.05, 0.1) is 23.3 Å². The summed E-state index contributed by atoms with van der Waals surface area (Å²) in [5.74, 6) is 3.76. The molecular weight excluding hydrogens is 268 g/mol. The summed E-state index contributed by atoms with van der Waals surface area (Å²) < 4.78 is 4.44. The third kappa shape index (κ3) is 5.36. The van der Waals surface area contributed by atoms with Gasteiger partial charge in [0.15, 0.2) is 5.78 Å². The lowest BCUT2D eigenvalue weighted by molar-refractivity contribution is -0.139. The lowest BCUT2D eigenvalue weighted by Crippen LogP contribution is -2.01. The van der Waals surface area contributed by atoms with Crippen molar-refractivity contribution in [3.05, 3.63) is 21.9 Å². The Balaban J connectivity index is 2.59. The zero-order valence-electron chi connectivity index (χ0n) is 10.3. The Hall–Kier alpha value is -2.13. The van der Waals surface area contributed by atoms with Crippen LogP contribution in [0.25, 0.3) is 0 Å². The molecule has 1 aromatic heterocycles. The maximum absolute atomic E-state index is 11.6. The molecule has 0 atom stereocenters. The quantitative estimate of drug-likeness (QED) is 0.504. The van der Waals surface area contributed by atoms with Gasteiger partial charge in [0.2, 0.25) is 0 Å². The van der Waals surface area contributed by atoms with E-state index >= 15 is 0 Å². The molecular formula is C13H12O5S. The Labute approximate surface area is 114 Å². The van der Waals surface area contributed by atoms with Gasteiger partial charge in [-0.1, -0.05) is 11.8 Å². The number of ketones is 1. The van der Waals surface area contributed by atoms with Crippen LogP contribution in [0, 0.1) is 11.8 Å². The van der Waals surface area contributed by atoms with E-state index in [1.165, 1.54) is 18.4 Å². The topological polar surface area (TPSA) is 80.7 Å². The molecule has 1 heterocycles. The Bertz CT molecular complexity index is 547. The molecule has 0 amide bonds. The number of carboxylic acids is 1. The highest BCUT2D eigenvalue weighted by atomic mass is 32.1. The summed E-state index contributed by atoms with van der Waals surface area (Å²) in [6.07, 6.45) is -0.207. The number of Topliss-reactive ketones (excluding diaryl/α,β-unsaturated/α-hetero) is 1. The number of ether oxygens (including phenoxy) is 1. The van der Waals surface area contributed by atoms with Crippen molar-refractivity contribution >= 4 is 29.1 Å². The zero-order chi connectivity index (χ0) is 14.3. The van der Waals surface area contributed by atoms with E-state index in [2.05, 4.69) is 16.6 Å². The van der Waals surface area contributed by atoms with Crippen molar-refractivity contribution < 1.29 is 24.2 Å². The van der Waals surface area contributed by atoms with E-state index in [9.17, 15) is 14.4 Å². The molecule has 0 saturated carbocycles. The van der Waals surface area contributed by atoms with Crippen LogP contribution in [0.1, 0.15) is 33.8 Å². The van der Waals surface area contributed by atoms with Crippen LogP contribution in [-0.2, 0) is 14.3 Å². The minimum absolute atomic E-state index is 0.00328. The largest absolute Gasteiger partial charge is 0.481 e. The first-order valence-electron chi connectivity index (χ1n) is 5.43. The van der Waals surface area contributed by atoms with Gasteiger partial charge in [-0.15, -0.1) is 11.3 Å². The third-order valence-corrected chi connectivity index (χ3v) is 3.16. The molecule has 5 nitrogen and oxygen atoms in total. The van der Waals surface area contributed by atoms with Crippen LogP contribution in [0.15, 0.2) is 12.1 Å². The number of hydrogen-bond donors (Lipinski definition) is 1. The number of carbonyl (C=O) groups is 3. The maximum Gasteiger partial charge on any atom is 0.317 e. The second-order valence-corrected chi connectivity index (χ2v) is 4.62. The first-order chi connectivity index (χ1) is 9.02. The highest BCUT2D eigenvalue weighted by Crippen LogP contribution is 2.17. The molecule has 0 aliphatic rings. The molecule has 0 spiro atoms. The fourth-order valence-corrected chi connectivity index (χ4v) is 2.02. The molecule has 1 aromatic rings. The van der Waals surface area contributed by atoms with E-state index in [0.29, 0.717) is 9.75 Å². The Morgan fingerprint density at radius 1 is 1.32 bits per heavy atom. The predicted octanol–water partition coefficient (Wildman–Crippen LogP) is 1.71. The first kappa shape index (κ1) is 14.9. The van der Waals surface area contributed by atoms with Crippen LogP contribution in [0.2, 0.25) is 0 Å². The normalized spacial score (nSPS) is 9.32. The molecule has 0 bridgehead atoms. The lowest BCUT2D eigenvalue weighted by Gasteiger charge is -1.93. The minimum atomic E-state index is -0.997. The van der Waals surface area contributed by atoms with E-state index in [1.807, 2.05) is 0 Å². The number of hydrogen-bond acceptors (Lipinski definition) is 5. The van der Waals surface area contributed by atoms with Crippen LogP contribution in [0.4, 0.5) is 0 Å². The van der Waals surface area contributed by atoms with E-state index in [-0.39, 0.29) is 25.0 Å². The van der Waals surface area contributed by atoms with E-state index in [4.69, 9.17) is 5.11 Å². The summed E-state index contributed by atoms with van der Waals surface area (Å²) in [7, 11) is 1.29. The average molecular weight is 280 g/mol. The van der Waals surface area contributed by atoms with Crippen molar-refractivity contribution in [1.29, 1.82) is 0 Å². The number of carbonyl (C=O) groups excluding carboxylic acids is 2. The number of aliphatic carboxylic acids is 1. The number of esters is 1. The van der Waals surface area contributed by atoms with Gasteiger partial charge in [0, 0.05) is 6.42 Å². The van der Waals surface area contributed by atoms with Crippen molar-refractivity contribution in [2.45, 2.75) is 19.3 Å². The molecule has 0 fully saturated rings. The van der Waals surface area contributed by atoms with Gasteiger partial charge in [0.25, 0.3) is 0 Å². The highest BCUT2D eigenvalue weighted by Gasteiger charge is 2.10. The SMILES string of the molecule is COC(=O)CC#Cc1ccc(C(=O)CCC(=O)O)s1. The second kappa shape index (κ2) is 7.34. The molecule has 0 aliphatic heterocycles. The summed E-state index contributed by atoms with van der Waals surface area (Å²) in [6, 6.07) is 3.28. The molecule has 0 aliphatic carbocycles. The highest BCUT2D eigenvalue weighted by molar-refractivity contribution is 7.14. The summed E-state index contributed by atoms with van der Waals surface area (Å²) >= 11 is 1.18. The molecule has 0 aromatic carbocycles. The van der Waals surface area contributed by atoms with Crippen molar-refractivity contribution in [2.24, 2.45) is 0 Å². The summed E-state index contributed by atoms with van der Waals surface area (Å²) in [6.45, 7) is 0. The van der Waals surface area contributed by atoms with Crippen LogP contribution in [-0.4, -0.2) is 29.9 Å². The Morgan fingerprint density at radius 3 is 2.68 bits per heavy atom. The number of methoxy groups -OCH3 is 1. The Morgan fingerprint density at radius 2 is 2.05 bits per heavy atom. The molecule has 6 heteroatoms.